The van der Waals surface area contributed by atoms with Crippen LogP contribution in [-0.4, -0.2) is 30.1 Å². The van der Waals surface area contributed by atoms with Gasteiger partial charge in [0.2, 0.25) is 0 Å². The van der Waals surface area contributed by atoms with Gasteiger partial charge in [0.05, 0.1) is 23.1 Å². The lowest BCUT2D eigenvalue weighted by molar-refractivity contribution is 0.385. The molecule has 4 rings (SSSR count). The van der Waals surface area contributed by atoms with E-state index in [1.54, 1.807) is 17.8 Å². The van der Waals surface area contributed by atoms with Gasteiger partial charge >= 0.3 is 0 Å². The summed E-state index contributed by atoms with van der Waals surface area (Å²) in [5.74, 6) is -1.62. The minimum absolute atomic E-state index is 0.105. The van der Waals surface area contributed by atoms with E-state index in [1.165, 1.54) is 37.7 Å². The van der Waals surface area contributed by atoms with Crippen LogP contribution in [0.2, 0.25) is 0 Å². The van der Waals surface area contributed by atoms with Crippen molar-refractivity contribution in [1.29, 1.82) is 0 Å². The Hall–Kier alpha value is -3.73. The van der Waals surface area contributed by atoms with Crippen LogP contribution in [0.25, 0.3) is 22.2 Å². The van der Waals surface area contributed by atoms with Crippen LogP contribution in [-0.2, 0) is 17.1 Å². The van der Waals surface area contributed by atoms with Gasteiger partial charge < -0.3 is 15.0 Å². The number of nitrogen functional groups attached to an aromatic ring is 1. The first-order valence-electron chi connectivity index (χ1n) is 8.93. The van der Waals surface area contributed by atoms with Crippen LogP contribution in [0.4, 0.5) is 20.3 Å². The fraction of sp³-hybridized carbons (Fsp3) is 0.100. The van der Waals surface area contributed by atoms with E-state index >= 15 is 4.39 Å². The van der Waals surface area contributed by atoms with Gasteiger partial charge in [-0.25, -0.2) is 27.2 Å². The Morgan fingerprint density at radius 2 is 1.90 bits per heavy atom. The van der Waals surface area contributed by atoms with Crippen LogP contribution in [0.3, 0.4) is 0 Å². The number of fused-ring (bicyclic) bond motifs is 1. The second-order valence-corrected chi connectivity index (χ2v) is 8.36. The van der Waals surface area contributed by atoms with Crippen molar-refractivity contribution in [2.75, 3.05) is 17.6 Å². The molecule has 160 valence electrons. The van der Waals surface area contributed by atoms with E-state index in [-0.39, 0.29) is 27.7 Å². The minimum atomic E-state index is -4.27. The normalized spacial score (nSPS) is 11.6. The van der Waals surface area contributed by atoms with Gasteiger partial charge in [-0.3, -0.25) is 4.72 Å². The smallest absolute Gasteiger partial charge is 0.262 e. The highest BCUT2D eigenvalue weighted by molar-refractivity contribution is 7.92. The third-order valence-corrected chi connectivity index (χ3v) is 6.11. The maximum Gasteiger partial charge on any atom is 0.262 e. The molecule has 0 bridgehead atoms. The number of benzene rings is 2. The average Bonchev–Trinajstić information content (AvgIpc) is 3.07. The topological polar surface area (TPSA) is 112 Å². The van der Waals surface area contributed by atoms with E-state index < -0.39 is 21.7 Å². The number of halogens is 2. The lowest BCUT2D eigenvalue weighted by Crippen LogP contribution is -2.14. The lowest BCUT2D eigenvalue weighted by atomic mass is 10.0. The summed E-state index contributed by atoms with van der Waals surface area (Å²) in [5, 5.41) is 0.445. The number of nitrogens with zero attached hydrogens (tertiary/aromatic N) is 3. The molecule has 0 aliphatic heterocycles. The van der Waals surface area contributed by atoms with Crippen molar-refractivity contribution in [3.8, 4) is 16.9 Å². The van der Waals surface area contributed by atoms with Gasteiger partial charge in [0, 0.05) is 24.4 Å². The fourth-order valence-corrected chi connectivity index (χ4v) is 4.35. The highest BCUT2D eigenvalue weighted by Crippen LogP contribution is 2.36. The van der Waals surface area contributed by atoms with Crippen molar-refractivity contribution >= 4 is 32.6 Å². The molecule has 3 N–H and O–H groups in total. The molecule has 0 saturated heterocycles. The number of methoxy groups -OCH3 is 1. The Morgan fingerprint density at radius 3 is 2.61 bits per heavy atom. The number of nitrogens with two attached hydrogens (primary N) is 1. The SMILES string of the molecule is COc1ccc(S(=O)(=O)Nc2cccc(-c3cn(C)c4ncnc(N)c34)c2F)cc1F. The van der Waals surface area contributed by atoms with Gasteiger partial charge in [-0.1, -0.05) is 12.1 Å². The van der Waals surface area contributed by atoms with Crippen molar-refractivity contribution in [2.24, 2.45) is 7.05 Å². The highest BCUT2D eigenvalue weighted by Gasteiger charge is 2.22. The van der Waals surface area contributed by atoms with E-state index in [0.29, 0.717) is 16.6 Å². The number of anilines is 2. The van der Waals surface area contributed by atoms with Gasteiger partial charge in [-0.15, -0.1) is 0 Å². The molecule has 0 amide bonds. The first-order chi connectivity index (χ1) is 14.7. The molecule has 0 spiro atoms. The first kappa shape index (κ1) is 20.5. The second kappa shape index (κ2) is 7.51. The largest absolute Gasteiger partial charge is 0.494 e. The number of sulfonamides is 1. The molecular weight excluding hydrogens is 428 g/mol. The number of aromatic nitrogens is 3. The zero-order chi connectivity index (χ0) is 22.3. The zero-order valence-electron chi connectivity index (χ0n) is 16.4. The van der Waals surface area contributed by atoms with Crippen LogP contribution >= 0.6 is 0 Å². The van der Waals surface area contributed by atoms with Crippen LogP contribution in [0, 0.1) is 11.6 Å². The molecule has 0 atom stereocenters. The Kier molecular flexibility index (Phi) is 4.97. The number of rotatable bonds is 5. The molecule has 2 aromatic carbocycles. The fourth-order valence-electron chi connectivity index (χ4n) is 3.28. The quantitative estimate of drug-likeness (QED) is 0.488. The molecule has 0 aliphatic carbocycles. The van der Waals surface area contributed by atoms with Gasteiger partial charge in [0.25, 0.3) is 10.0 Å². The summed E-state index contributed by atoms with van der Waals surface area (Å²) in [6, 6.07) is 7.38. The third-order valence-electron chi connectivity index (χ3n) is 4.75. The van der Waals surface area contributed by atoms with Crippen molar-refractivity contribution < 1.29 is 21.9 Å². The minimum Gasteiger partial charge on any atom is -0.494 e. The van der Waals surface area contributed by atoms with Crippen LogP contribution < -0.4 is 15.2 Å². The summed E-state index contributed by atoms with van der Waals surface area (Å²) in [4.78, 5) is 7.73. The monoisotopic (exact) mass is 445 g/mol. The molecule has 0 unspecified atom stereocenters. The maximum atomic E-state index is 15.4. The lowest BCUT2D eigenvalue weighted by Gasteiger charge is -2.12. The number of ether oxygens (including phenoxy) is 1. The summed E-state index contributed by atoms with van der Waals surface area (Å²) in [6.45, 7) is 0. The molecule has 2 aromatic heterocycles. The third kappa shape index (κ3) is 3.52. The Labute approximate surface area is 176 Å². The zero-order valence-corrected chi connectivity index (χ0v) is 17.2. The maximum absolute atomic E-state index is 15.4. The molecule has 31 heavy (non-hydrogen) atoms. The average molecular weight is 445 g/mol. The molecule has 0 fully saturated rings. The van der Waals surface area contributed by atoms with Gasteiger partial charge in [0.1, 0.15) is 17.8 Å². The Balaban J connectivity index is 1.78. The summed E-state index contributed by atoms with van der Waals surface area (Å²) >= 11 is 0. The van der Waals surface area contributed by atoms with E-state index in [2.05, 4.69) is 14.7 Å². The number of hydrogen-bond acceptors (Lipinski definition) is 6. The molecule has 11 heteroatoms. The van der Waals surface area contributed by atoms with Gasteiger partial charge in [-0.05, 0) is 24.3 Å². The van der Waals surface area contributed by atoms with Gasteiger partial charge in [-0.2, -0.15) is 0 Å². The second-order valence-electron chi connectivity index (χ2n) is 6.68. The van der Waals surface area contributed by atoms with Crippen molar-refractivity contribution in [2.45, 2.75) is 4.90 Å². The molecule has 8 nitrogen and oxygen atoms in total. The number of nitrogens with one attached hydrogen (secondary N) is 1. The van der Waals surface area contributed by atoms with Crippen molar-refractivity contribution in [3.63, 3.8) is 0 Å². The number of hydrogen-bond donors (Lipinski definition) is 2. The summed E-state index contributed by atoms with van der Waals surface area (Å²) in [5.41, 5.74) is 6.68. The van der Waals surface area contributed by atoms with E-state index in [9.17, 15) is 12.8 Å². The summed E-state index contributed by atoms with van der Waals surface area (Å²) in [7, 11) is -1.28. The molecule has 0 radical (unpaired) electrons. The van der Waals surface area contributed by atoms with Crippen molar-refractivity contribution in [3.05, 3.63) is 60.6 Å². The highest BCUT2D eigenvalue weighted by atomic mass is 32.2. The first-order valence-corrected chi connectivity index (χ1v) is 10.4. The van der Waals surface area contributed by atoms with E-state index in [1.807, 2.05) is 0 Å². The van der Waals surface area contributed by atoms with Crippen molar-refractivity contribution in [1.82, 2.24) is 14.5 Å². The standard InChI is InChI=1S/C20H17F2N5O3S/c1-27-9-13(17-19(23)24-10-25-20(17)27)12-4-3-5-15(18(12)22)26-31(28,29)11-6-7-16(30-2)14(21)8-11/h3-10,26H,1-2H3,(H2,23,24,25). The van der Waals surface area contributed by atoms with Crippen LogP contribution in [0.1, 0.15) is 0 Å². The molecular formula is C20H17F2N5O3S. The molecule has 2 heterocycles. The van der Waals surface area contributed by atoms with Crippen LogP contribution in [0.5, 0.6) is 5.75 Å². The van der Waals surface area contributed by atoms with E-state index in [4.69, 9.17) is 10.5 Å². The molecule has 0 saturated carbocycles. The number of aryl methyl sites for hydroxylation is 1. The molecule has 0 aliphatic rings. The Bertz CT molecular complexity index is 1420. The predicted molar refractivity (Wildman–Crippen MR) is 112 cm³/mol. The molecule has 4 aromatic rings. The van der Waals surface area contributed by atoms with Gasteiger partial charge in [0.15, 0.2) is 17.4 Å². The van der Waals surface area contributed by atoms with E-state index in [0.717, 1.165) is 12.1 Å². The van der Waals surface area contributed by atoms with Crippen LogP contribution in [0.15, 0.2) is 53.8 Å². The summed E-state index contributed by atoms with van der Waals surface area (Å²) in [6.07, 6.45) is 2.93. The summed E-state index contributed by atoms with van der Waals surface area (Å²) < 4.78 is 63.3. The predicted octanol–water partition coefficient (Wildman–Crippen LogP) is 3.31. The Morgan fingerprint density at radius 1 is 1.13 bits per heavy atom.